The summed E-state index contributed by atoms with van der Waals surface area (Å²) in [6.45, 7) is 15.5. The normalized spacial score (nSPS) is 42.7. The summed E-state index contributed by atoms with van der Waals surface area (Å²) in [4.78, 5) is 0. The van der Waals surface area contributed by atoms with Gasteiger partial charge in [0.05, 0.1) is 0 Å². The lowest BCUT2D eigenvalue weighted by Gasteiger charge is -2.63. The minimum Gasteiger partial charge on any atom is -0.0651 e. The van der Waals surface area contributed by atoms with Gasteiger partial charge in [-0.3, -0.25) is 0 Å². The third-order valence-electron chi connectivity index (χ3n) is 13.2. The molecule has 0 amide bonds. The number of hydrogen-bond donors (Lipinski definition) is 0. The highest BCUT2D eigenvalue weighted by molar-refractivity contribution is 5.25. The number of rotatable bonds is 7. The van der Waals surface area contributed by atoms with E-state index in [4.69, 9.17) is 0 Å². The summed E-state index contributed by atoms with van der Waals surface area (Å²) in [6.07, 6.45) is 17.8. The summed E-state index contributed by atoms with van der Waals surface area (Å²) < 4.78 is 0. The van der Waals surface area contributed by atoms with Gasteiger partial charge in [0, 0.05) is 0 Å². The highest BCUT2D eigenvalue weighted by Gasteiger charge is 2.62. The molecular weight excluding hydrogens is 420 g/mol. The Hall–Kier alpha value is -0.780. The Labute approximate surface area is 218 Å². The first-order chi connectivity index (χ1) is 16.8. The summed E-state index contributed by atoms with van der Waals surface area (Å²) in [5, 5.41) is 0. The van der Waals surface area contributed by atoms with Crippen LogP contribution in [-0.4, -0.2) is 0 Å². The highest BCUT2D eigenvalue weighted by Crippen LogP contribution is 2.70. The Bertz CT molecular complexity index is 824. The Kier molecular flexibility index (Phi) is 7.52. The van der Waals surface area contributed by atoms with Crippen LogP contribution in [0.2, 0.25) is 0 Å². The Morgan fingerprint density at radius 2 is 1.60 bits per heavy atom. The van der Waals surface area contributed by atoms with E-state index in [1.807, 2.05) is 0 Å². The van der Waals surface area contributed by atoms with Gasteiger partial charge in [0.25, 0.3) is 0 Å². The van der Waals surface area contributed by atoms with Crippen LogP contribution in [0.15, 0.2) is 30.3 Å². The fourth-order valence-corrected chi connectivity index (χ4v) is 11.2. The van der Waals surface area contributed by atoms with Crippen molar-refractivity contribution >= 4 is 0 Å². The highest BCUT2D eigenvalue weighted by atomic mass is 14.7. The minimum absolute atomic E-state index is 0.527. The second-order valence-corrected chi connectivity index (χ2v) is 14.6. The molecule has 1 aromatic rings. The molecule has 0 spiro atoms. The average molecular weight is 477 g/mol. The lowest BCUT2D eigenvalue weighted by Crippen LogP contribution is -2.55. The molecule has 5 rings (SSSR count). The van der Waals surface area contributed by atoms with Crippen molar-refractivity contribution in [2.45, 2.75) is 125 Å². The maximum atomic E-state index is 2.78. The van der Waals surface area contributed by atoms with Crippen molar-refractivity contribution in [1.82, 2.24) is 0 Å². The van der Waals surface area contributed by atoms with Crippen LogP contribution < -0.4 is 0 Å². The van der Waals surface area contributed by atoms with E-state index < -0.39 is 0 Å². The van der Waals surface area contributed by atoms with Crippen molar-refractivity contribution in [3.8, 4) is 0 Å². The largest absolute Gasteiger partial charge is 0.0651 e. The summed E-state index contributed by atoms with van der Waals surface area (Å²) in [5.74, 6) is 8.36. The van der Waals surface area contributed by atoms with E-state index >= 15 is 0 Å². The second-order valence-electron chi connectivity index (χ2n) is 14.6. The third-order valence-corrected chi connectivity index (χ3v) is 13.2. The molecule has 196 valence electrons. The van der Waals surface area contributed by atoms with Crippen molar-refractivity contribution < 1.29 is 0 Å². The monoisotopic (exact) mass is 476 g/mol. The maximum absolute atomic E-state index is 2.78. The maximum Gasteiger partial charge on any atom is -0.0103 e. The van der Waals surface area contributed by atoms with E-state index in [2.05, 4.69) is 71.9 Å². The van der Waals surface area contributed by atoms with Crippen LogP contribution in [0.5, 0.6) is 0 Å². The van der Waals surface area contributed by atoms with Crippen LogP contribution >= 0.6 is 0 Å². The standard InChI is InChI=1S/C35H56/c1-7-26(24(2)3)17-16-25(4)30-20-21-32-29-19-18-28-14-11-15-31(27-12-9-8-10-13-27)35(28,6)33(29)22-23-34(30,32)5/h8-10,12-13,24-26,28-33H,7,11,14-23H2,1-6H3/t25-,26-,28?,29+,30-,31?,32+,33+,34-,35-/m1/s1. The molecule has 0 aliphatic heterocycles. The molecule has 2 unspecified atom stereocenters. The fraction of sp³-hybridized carbons (Fsp3) is 0.829. The predicted molar refractivity (Wildman–Crippen MR) is 151 cm³/mol. The zero-order valence-corrected chi connectivity index (χ0v) is 24.1. The van der Waals surface area contributed by atoms with E-state index in [9.17, 15) is 0 Å². The molecular formula is C35H56. The van der Waals surface area contributed by atoms with E-state index in [0.29, 0.717) is 10.8 Å². The third kappa shape index (κ3) is 4.36. The molecule has 35 heavy (non-hydrogen) atoms. The first kappa shape index (κ1) is 25.9. The summed E-state index contributed by atoms with van der Waals surface area (Å²) in [5.41, 5.74) is 2.79. The molecule has 0 saturated heterocycles. The van der Waals surface area contributed by atoms with Crippen LogP contribution in [0.4, 0.5) is 0 Å². The average Bonchev–Trinajstić information content (AvgIpc) is 3.21. The molecule has 1 aromatic carbocycles. The number of hydrogen-bond acceptors (Lipinski definition) is 0. The quantitative estimate of drug-likeness (QED) is 0.367. The van der Waals surface area contributed by atoms with Crippen molar-refractivity contribution in [3.05, 3.63) is 35.9 Å². The van der Waals surface area contributed by atoms with E-state index in [-0.39, 0.29) is 0 Å². The van der Waals surface area contributed by atoms with Crippen LogP contribution in [0.3, 0.4) is 0 Å². The van der Waals surface area contributed by atoms with Gasteiger partial charge in [-0.2, -0.15) is 0 Å². The summed E-state index contributed by atoms with van der Waals surface area (Å²) in [7, 11) is 0. The van der Waals surface area contributed by atoms with Crippen molar-refractivity contribution in [2.24, 2.45) is 58.2 Å². The lowest BCUT2D eigenvalue weighted by molar-refractivity contribution is -0.124. The van der Waals surface area contributed by atoms with Crippen LogP contribution in [0, 0.1) is 58.2 Å². The summed E-state index contributed by atoms with van der Waals surface area (Å²) in [6, 6.07) is 11.7. The van der Waals surface area contributed by atoms with Gasteiger partial charge < -0.3 is 0 Å². The van der Waals surface area contributed by atoms with Gasteiger partial charge >= 0.3 is 0 Å². The number of benzene rings is 1. The van der Waals surface area contributed by atoms with E-state index in [1.165, 1.54) is 70.6 Å². The molecule has 0 nitrogen and oxygen atoms in total. The van der Waals surface area contributed by atoms with Gasteiger partial charge in [0.15, 0.2) is 0 Å². The molecule has 0 bridgehead atoms. The zero-order chi connectivity index (χ0) is 24.8. The van der Waals surface area contributed by atoms with Crippen molar-refractivity contribution in [1.29, 1.82) is 0 Å². The SMILES string of the molecule is CC[C@H](CC[C@@H](C)[C@H]1CC[C@H]2[C@@H]3CCC4CCCC(c5ccccc5)[C@]4(C)[C@H]3CC[C@]12C)C(C)C. The van der Waals surface area contributed by atoms with Crippen molar-refractivity contribution in [2.75, 3.05) is 0 Å². The molecule has 0 N–H and O–H groups in total. The topological polar surface area (TPSA) is 0 Å². The minimum atomic E-state index is 0.527. The zero-order valence-electron chi connectivity index (χ0n) is 24.1. The first-order valence-electron chi connectivity index (χ1n) is 15.9. The number of fused-ring (bicyclic) bond motifs is 5. The molecule has 4 saturated carbocycles. The lowest BCUT2D eigenvalue weighted by atomic mass is 9.42. The van der Waals surface area contributed by atoms with Crippen LogP contribution in [0.25, 0.3) is 0 Å². The molecule has 0 heterocycles. The second kappa shape index (κ2) is 10.2. The van der Waals surface area contributed by atoms with Gasteiger partial charge in [-0.1, -0.05) is 91.1 Å². The van der Waals surface area contributed by atoms with Gasteiger partial charge in [-0.05, 0) is 127 Å². The molecule has 4 aliphatic rings. The van der Waals surface area contributed by atoms with E-state index in [1.54, 1.807) is 12.0 Å². The Morgan fingerprint density at radius 3 is 2.31 bits per heavy atom. The predicted octanol–water partition coefficient (Wildman–Crippen LogP) is 10.5. The van der Waals surface area contributed by atoms with Gasteiger partial charge in [-0.25, -0.2) is 0 Å². The van der Waals surface area contributed by atoms with E-state index in [0.717, 1.165) is 53.3 Å². The van der Waals surface area contributed by atoms with Crippen molar-refractivity contribution in [3.63, 3.8) is 0 Å². The Balaban J connectivity index is 1.35. The fourth-order valence-electron chi connectivity index (χ4n) is 11.2. The molecule has 0 radical (unpaired) electrons. The first-order valence-corrected chi connectivity index (χ1v) is 15.9. The van der Waals surface area contributed by atoms with Gasteiger partial charge in [0.2, 0.25) is 0 Å². The van der Waals surface area contributed by atoms with Crippen LogP contribution in [-0.2, 0) is 0 Å². The van der Waals surface area contributed by atoms with Gasteiger partial charge in [-0.15, -0.1) is 0 Å². The summed E-state index contributed by atoms with van der Waals surface area (Å²) >= 11 is 0. The van der Waals surface area contributed by atoms with Gasteiger partial charge in [0.1, 0.15) is 0 Å². The molecule has 0 heteroatoms. The molecule has 4 aliphatic carbocycles. The Morgan fingerprint density at radius 1 is 0.829 bits per heavy atom. The molecule has 4 fully saturated rings. The van der Waals surface area contributed by atoms with Crippen LogP contribution in [0.1, 0.15) is 130 Å². The smallest absolute Gasteiger partial charge is 0.0103 e. The molecule has 0 aromatic heterocycles. The molecule has 10 atom stereocenters.